The van der Waals surface area contributed by atoms with Gasteiger partial charge in [-0.05, 0) is 18.8 Å². The van der Waals surface area contributed by atoms with Crippen molar-refractivity contribution in [3.05, 3.63) is 0 Å². The molecule has 2 unspecified atom stereocenters. The van der Waals surface area contributed by atoms with Gasteiger partial charge in [-0.15, -0.1) is 11.6 Å². The highest BCUT2D eigenvalue weighted by Gasteiger charge is 2.36. The fourth-order valence-electron chi connectivity index (χ4n) is 1.48. The van der Waals surface area contributed by atoms with Crippen LogP contribution in [-0.4, -0.2) is 21.5 Å². The summed E-state index contributed by atoms with van der Waals surface area (Å²) in [5, 5.41) is 0. The highest BCUT2D eigenvalue weighted by molar-refractivity contribution is 6.24. The van der Waals surface area contributed by atoms with Gasteiger partial charge in [0.1, 0.15) is 10.5 Å². The molecule has 0 saturated carbocycles. The maximum atomic E-state index is 6.43. The summed E-state index contributed by atoms with van der Waals surface area (Å²) in [4.78, 5) is -0.226. The van der Waals surface area contributed by atoms with Crippen molar-refractivity contribution < 1.29 is 4.43 Å². The van der Waals surface area contributed by atoms with E-state index < -0.39 is 0 Å². The third kappa shape index (κ3) is 2.75. The van der Waals surface area contributed by atoms with Gasteiger partial charge < -0.3 is 4.43 Å². The lowest BCUT2D eigenvalue weighted by atomic mass is 9.85. The van der Waals surface area contributed by atoms with Crippen molar-refractivity contribution in [1.29, 1.82) is 0 Å². The molecular weight excluding hydrogens is 188 g/mol. The summed E-state index contributed by atoms with van der Waals surface area (Å²) in [7, 11) is 0.762. The molecule has 0 aromatic carbocycles. The van der Waals surface area contributed by atoms with Crippen LogP contribution in [0.2, 0.25) is 0 Å². The zero-order valence-electron chi connectivity index (χ0n) is 9.02. The van der Waals surface area contributed by atoms with Crippen LogP contribution in [0.25, 0.3) is 0 Å². The van der Waals surface area contributed by atoms with Gasteiger partial charge in [0.15, 0.2) is 0 Å². The first-order valence-corrected chi connectivity index (χ1v) is 5.75. The number of alkyl halides is 1. The molecule has 0 aromatic heterocycles. The molecule has 0 rings (SSSR count). The van der Waals surface area contributed by atoms with Crippen LogP contribution in [-0.2, 0) is 4.43 Å². The smallest absolute Gasteiger partial charge is 0.146 e. The molecule has 0 saturated heterocycles. The summed E-state index contributed by atoms with van der Waals surface area (Å²) in [6.45, 7) is 10.7. The van der Waals surface area contributed by atoms with E-state index >= 15 is 0 Å². The minimum absolute atomic E-state index is 0.186. The Balaban J connectivity index is 4.47. The molecular formula is C9H21ClOSi. The summed E-state index contributed by atoms with van der Waals surface area (Å²) in [5.41, 5.74) is 0. The maximum absolute atomic E-state index is 6.43. The van der Waals surface area contributed by atoms with Gasteiger partial charge in [-0.2, -0.15) is 0 Å². The molecule has 0 bridgehead atoms. The predicted octanol–water partition coefficient (Wildman–Crippen LogP) is 1.96. The third-order valence-electron chi connectivity index (χ3n) is 2.54. The summed E-state index contributed by atoms with van der Waals surface area (Å²) in [6, 6.07) is 0. The molecule has 12 heavy (non-hydrogen) atoms. The van der Waals surface area contributed by atoms with E-state index in [0.29, 0.717) is 11.8 Å². The summed E-state index contributed by atoms with van der Waals surface area (Å²) < 4.78 is 5.54. The van der Waals surface area contributed by atoms with Gasteiger partial charge in [-0.25, -0.2) is 0 Å². The van der Waals surface area contributed by atoms with Gasteiger partial charge in [0.25, 0.3) is 0 Å². The fourth-order valence-corrected chi connectivity index (χ4v) is 3.01. The molecule has 0 fully saturated rings. The zero-order chi connectivity index (χ0) is 9.94. The van der Waals surface area contributed by atoms with Crippen LogP contribution < -0.4 is 0 Å². The summed E-state index contributed by atoms with van der Waals surface area (Å²) in [6.07, 6.45) is 0.186. The lowest BCUT2D eigenvalue weighted by Gasteiger charge is -2.37. The second kappa shape index (κ2) is 4.63. The van der Waals surface area contributed by atoms with E-state index in [2.05, 4.69) is 34.6 Å². The largest absolute Gasteiger partial charge is 0.423 e. The molecule has 74 valence electrons. The zero-order valence-corrected chi connectivity index (χ0v) is 11.8. The maximum Gasteiger partial charge on any atom is 0.146 e. The van der Waals surface area contributed by atoms with E-state index in [0.717, 1.165) is 10.5 Å². The van der Waals surface area contributed by atoms with E-state index in [1.165, 1.54) is 0 Å². The Morgan fingerprint density at radius 1 is 1.25 bits per heavy atom. The molecule has 2 atom stereocenters. The molecule has 0 aliphatic heterocycles. The molecule has 0 amide bonds. The predicted molar refractivity (Wildman–Crippen MR) is 58.7 cm³/mol. The Morgan fingerprint density at radius 3 is 1.75 bits per heavy atom. The number of rotatable bonds is 4. The van der Waals surface area contributed by atoms with Crippen molar-refractivity contribution in [2.24, 2.45) is 11.8 Å². The van der Waals surface area contributed by atoms with Crippen molar-refractivity contribution in [2.45, 2.75) is 45.6 Å². The van der Waals surface area contributed by atoms with Crippen molar-refractivity contribution in [3.8, 4) is 0 Å². The number of hydrogen-bond acceptors (Lipinski definition) is 1. The highest BCUT2D eigenvalue weighted by atomic mass is 35.5. The minimum atomic E-state index is -0.226. The van der Waals surface area contributed by atoms with Crippen LogP contribution in [0.4, 0.5) is 0 Å². The first-order chi connectivity index (χ1) is 5.34. The first kappa shape index (κ1) is 12.5. The van der Waals surface area contributed by atoms with Gasteiger partial charge in [0.2, 0.25) is 0 Å². The van der Waals surface area contributed by atoms with E-state index in [9.17, 15) is 0 Å². The van der Waals surface area contributed by atoms with Crippen molar-refractivity contribution >= 4 is 22.1 Å². The molecule has 0 aliphatic rings. The van der Waals surface area contributed by atoms with Crippen LogP contribution in [0.1, 0.15) is 34.6 Å². The van der Waals surface area contributed by atoms with Crippen molar-refractivity contribution in [3.63, 3.8) is 0 Å². The topological polar surface area (TPSA) is 9.23 Å². The van der Waals surface area contributed by atoms with E-state index in [-0.39, 0.29) is 11.0 Å². The van der Waals surface area contributed by atoms with Crippen LogP contribution in [0, 0.1) is 11.8 Å². The van der Waals surface area contributed by atoms with E-state index in [4.69, 9.17) is 16.0 Å². The number of hydrogen-bond donors (Lipinski definition) is 0. The Labute approximate surface area is 84.4 Å². The van der Waals surface area contributed by atoms with Gasteiger partial charge in [-0.3, -0.25) is 0 Å². The Hall–Kier alpha value is 0.467. The molecule has 0 aromatic rings. The molecule has 0 aliphatic carbocycles. The fraction of sp³-hybridized carbons (Fsp3) is 1.00. The summed E-state index contributed by atoms with van der Waals surface area (Å²) >= 11 is 6.43. The Morgan fingerprint density at radius 2 is 1.67 bits per heavy atom. The van der Waals surface area contributed by atoms with Gasteiger partial charge in [0.05, 0.1) is 11.0 Å². The molecule has 3 heteroatoms. The normalized spacial score (nSPS) is 20.0. The van der Waals surface area contributed by atoms with Crippen LogP contribution >= 0.6 is 11.6 Å². The molecule has 0 radical (unpaired) electrons. The Kier molecular flexibility index (Phi) is 4.81. The average Bonchev–Trinajstić information content (AvgIpc) is 1.86. The molecule has 1 nitrogen and oxygen atoms in total. The highest BCUT2D eigenvalue weighted by Crippen LogP contribution is 2.33. The molecule has 0 heterocycles. The average molecular weight is 209 g/mol. The van der Waals surface area contributed by atoms with Gasteiger partial charge in [-0.1, -0.05) is 27.7 Å². The van der Waals surface area contributed by atoms with E-state index in [1.807, 2.05) is 0 Å². The van der Waals surface area contributed by atoms with Gasteiger partial charge >= 0.3 is 0 Å². The monoisotopic (exact) mass is 208 g/mol. The second-order valence-electron chi connectivity index (χ2n) is 4.21. The second-order valence-corrected chi connectivity index (χ2v) is 5.49. The Bertz CT molecular complexity index is 134. The lowest BCUT2D eigenvalue weighted by Crippen LogP contribution is -2.43. The number of halogens is 1. The summed E-state index contributed by atoms with van der Waals surface area (Å²) in [5.74, 6) is 0.938. The lowest BCUT2D eigenvalue weighted by molar-refractivity contribution is 0.101. The first-order valence-electron chi connectivity index (χ1n) is 4.55. The van der Waals surface area contributed by atoms with Gasteiger partial charge in [0, 0.05) is 0 Å². The SMILES string of the molecule is CC(C)C(O[SiH3])C(C)(Cl)C(C)C. The van der Waals surface area contributed by atoms with Crippen molar-refractivity contribution in [1.82, 2.24) is 0 Å². The van der Waals surface area contributed by atoms with Crippen LogP contribution in [0.5, 0.6) is 0 Å². The standard InChI is InChI=1S/C9H21ClOSi/c1-6(2)8(11-12)9(5,10)7(3)4/h6-8H,1-5,12H3. The molecule has 0 N–H and O–H groups in total. The van der Waals surface area contributed by atoms with E-state index in [1.54, 1.807) is 0 Å². The van der Waals surface area contributed by atoms with Crippen LogP contribution in [0.3, 0.4) is 0 Å². The quantitative estimate of drug-likeness (QED) is 0.507. The van der Waals surface area contributed by atoms with Crippen LogP contribution in [0.15, 0.2) is 0 Å². The minimum Gasteiger partial charge on any atom is -0.423 e. The molecule has 0 spiro atoms. The van der Waals surface area contributed by atoms with Crippen molar-refractivity contribution in [2.75, 3.05) is 0 Å². The third-order valence-corrected chi connectivity index (χ3v) is 3.70.